The summed E-state index contributed by atoms with van der Waals surface area (Å²) < 4.78 is 7.02. The van der Waals surface area contributed by atoms with Gasteiger partial charge in [-0.1, -0.05) is 20.8 Å². The SMILES string of the molecule is COc1cnn(C(C)C)c1C(=O)CSC(C)(C)C. The second-order valence-electron chi connectivity index (χ2n) is 5.42. The molecule has 1 aromatic heterocycles. The zero-order valence-corrected chi connectivity index (χ0v) is 12.8. The second kappa shape index (κ2) is 5.78. The molecular weight excluding hydrogens is 248 g/mol. The van der Waals surface area contributed by atoms with Crippen LogP contribution in [0.2, 0.25) is 0 Å². The van der Waals surface area contributed by atoms with Crippen LogP contribution < -0.4 is 4.74 Å². The molecule has 1 heterocycles. The Hall–Kier alpha value is -0.970. The van der Waals surface area contributed by atoms with Crippen LogP contribution in [0.25, 0.3) is 0 Å². The zero-order chi connectivity index (χ0) is 13.9. The van der Waals surface area contributed by atoms with Gasteiger partial charge in [-0.25, -0.2) is 0 Å². The van der Waals surface area contributed by atoms with Gasteiger partial charge in [0, 0.05) is 10.8 Å². The quantitative estimate of drug-likeness (QED) is 0.771. The van der Waals surface area contributed by atoms with Crippen LogP contribution in [0.3, 0.4) is 0 Å². The summed E-state index contributed by atoms with van der Waals surface area (Å²) in [5, 5.41) is 4.21. The Bertz CT molecular complexity index is 419. The number of hydrogen-bond donors (Lipinski definition) is 0. The first-order chi connectivity index (χ1) is 8.26. The van der Waals surface area contributed by atoms with Crippen LogP contribution in [-0.4, -0.2) is 33.2 Å². The van der Waals surface area contributed by atoms with E-state index in [2.05, 4.69) is 25.9 Å². The van der Waals surface area contributed by atoms with Crippen molar-refractivity contribution in [2.24, 2.45) is 0 Å². The van der Waals surface area contributed by atoms with E-state index in [1.165, 1.54) is 0 Å². The standard InChI is InChI=1S/C13H22N2O2S/c1-9(2)15-12(11(17-6)7-14-15)10(16)8-18-13(3,4)5/h7,9H,8H2,1-6H3. The van der Waals surface area contributed by atoms with Crippen LogP contribution >= 0.6 is 11.8 Å². The van der Waals surface area contributed by atoms with Crippen molar-refractivity contribution < 1.29 is 9.53 Å². The van der Waals surface area contributed by atoms with Crippen LogP contribution in [-0.2, 0) is 0 Å². The highest BCUT2D eigenvalue weighted by molar-refractivity contribution is 8.01. The summed E-state index contributed by atoms with van der Waals surface area (Å²) in [6.45, 7) is 10.3. The van der Waals surface area contributed by atoms with E-state index >= 15 is 0 Å². The lowest BCUT2D eigenvalue weighted by Crippen LogP contribution is -2.18. The Morgan fingerprint density at radius 2 is 2.11 bits per heavy atom. The molecule has 18 heavy (non-hydrogen) atoms. The molecule has 5 heteroatoms. The molecule has 0 radical (unpaired) electrons. The van der Waals surface area contributed by atoms with Crippen molar-refractivity contribution in [1.82, 2.24) is 9.78 Å². The fraction of sp³-hybridized carbons (Fsp3) is 0.692. The van der Waals surface area contributed by atoms with Gasteiger partial charge in [0.15, 0.2) is 11.5 Å². The van der Waals surface area contributed by atoms with E-state index in [0.717, 1.165) is 0 Å². The molecule has 0 aromatic carbocycles. The van der Waals surface area contributed by atoms with Crippen LogP contribution in [0, 0.1) is 0 Å². The van der Waals surface area contributed by atoms with Crippen molar-refractivity contribution in [3.05, 3.63) is 11.9 Å². The van der Waals surface area contributed by atoms with E-state index in [-0.39, 0.29) is 16.6 Å². The molecule has 0 unspecified atom stereocenters. The molecule has 1 rings (SSSR count). The van der Waals surface area contributed by atoms with E-state index < -0.39 is 0 Å². The maximum Gasteiger partial charge on any atom is 0.194 e. The Morgan fingerprint density at radius 1 is 1.50 bits per heavy atom. The lowest BCUT2D eigenvalue weighted by Gasteiger charge is -2.17. The van der Waals surface area contributed by atoms with Crippen molar-refractivity contribution in [2.75, 3.05) is 12.9 Å². The maximum absolute atomic E-state index is 12.3. The molecule has 4 nitrogen and oxygen atoms in total. The fourth-order valence-electron chi connectivity index (χ4n) is 1.50. The first-order valence-electron chi connectivity index (χ1n) is 6.05. The number of ketones is 1. The molecule has 0 saturated heterocycles. The monoisotopic (exact) mass is 270 g/mol. The number of carbonyl (C=O) groups is 1. The van der Waals surface area contributed by atoms with Gasteiger partial charge in [-0.3, -0.25) is 9.48 Å². The number of hydrogen-bond acceptors (Lipinski definition) is 4. The third-order valence-electron chi connectivity index (χ3n) is 2.37. The van der Waals surface area contributed by atoms with Gasteiger partial charge in [0.05, 0.1) is 19.1 Å². The van der Waals surface area contributed by atoms with E-state index in [1.807, 2.05) is 13.8 Å². The Kier molecular flexibility index (Phi) is 4.85. The van der Waals surface area contributed by atoms with Crippen LogP contribution in [0.1, 0.15) is 51.1 Å². The number of nitrogens with zero attached hydrogens (tertiary/aromatic N) is 2. The van der Waals surface area contributed by atoms with Gasteiger partial charge < -0.3 is 4.74 Å². The van der Waals surface area contributed by atoms with Crippen LogP contribution in [0.15, 0.2) is 6.20 Å². The van der Waals surface area contributed by atoms with Gasteiger partial charge in [0.2, 0.25) is 0 Å². The Morgan fingerprint density at radius 3 is 2.56 bits per heavy atom. The lowest BCUT2D eigenvalue weighted by atomic mass is 10.2. The van der Waals surface area contributed by atoms with E-state index in [1.54, 1.807) is 29.8 Å². The van der Waals surface area contributed by atoms with Gasteiger partial charge in [-0.15, -0.1) is 11.8 Å². The van der Waals surface area contributed by atoms with Gasteiger partial charge in [0.1, 0.15) is 5.69 Å². The normalized spacial score (nSPS) is 11.9. The molecule has 102 valence electrons. The predicted octanol–water partition coefficient (Wildman–Crippen LogP) is 3.19. The molecule has 0 N–H and O–H groups in total. The molecule has 0 aliphatic heterocycles. The molecule has 0 amide bonds. The molecule has 0 atom stereocenters. The van der Waals surface area contributed by atoms with Gasteiger partial charge in [-0.2, -0.15) is 5.10 Å². The minimum Gasteiger partial charge on any atom is -0.493 e. The highest BCUT2D eigenvalue weighted by Gasteiger charge is 2.22. The second-order valence-corrected chi connectivity index (χ2v) is 7.23. The van der Waals surface area contributed by atoms with E-state index in [0.29, 0.717) is 17.2 Å². The predicted molar refractivity (Wildman–Crippen MR) is 75.7 cm³/mol. The zero-order valence-electron chi connectivity index (χ0n) is 12.0. The minimum atomic E-state index is 0.0676. The molecule has 0 aliphatic carbocycles. The van der Waals surface area contributed by atoms with Crippen LogP contribution in [0.5, 0.6) is 5.75 Å². The van der Waals surface area contributed by atoms with Crippen molar-refractivity contribution in [3.63, 3.8) is 0 Å². The molecular formula is C13H22N2O2S. The van der Waals surface area contributed by atoms with Crippen molar-refractivity contribution in [2.45, 2.75) is 45.4 Å². The van der Waals surface area contributed by atoms with E-state index in [4.69, 9.17) is 4.74 Å². The minimum absolute atomic E-state index is 0.0676. The number of rotatable bonds is 5. The number of carbonyl (C=O) groups excluding carboxylic acids is 1. The molecule has 0 aliphatic rings. The topological polar surface area (TPSA) is 44.1 Å². The van der Waals surface area contributed by atoms with Crippen molar-refractivity contribution in [3.8, 4) is 5.75 Å². The van der Waals surface area contributed by atoms with Crippen LogP contribution in [0.4, 0.5) is 0 Å². The fourth-order valence-corrected chi connectivity index (χ4v) is 2.20. The first-order valence-corrected chi connectivity index (χ1v) is 7.03. The molecule has 0 spiro atoms. The molecule has 0 fully saturated rings. The number of Topliss-reactive ketones (excluding diaryl/α,β-unsaturated/α-hetero) is 1. The summed E-state index contributed by atoms with van der Waals surface area (Å²) >= 11 is 1.63. The molecule has 0 saturated carbocycles. The smallest absolute Gasteiger partial charge is 0.194 e. The van der Waals surface area contributed by atoms with Crippen molar-refractivity contribution >= 4 is 17.5 Å². The Labute approximate surface area is 113 Å². The van der Waals surface area contributed by atoms with Crippen molar-refractivity contribution in [1.29, 1.82) is 0 Å². The summed E-state index contributed by atoms with van der Waals surface area (Å²) in [5.41, 5.74) is 0.573. The number of ether oxygens (including phenoxy) is 1. The summed E-state index contributed by atoms with van der Waals surface area (Å²) in [6, 6.07) is 0.146. The maximum atomic E-state index is 12.3. The summed E-state index contributed by atoms with van der Waals surface area (Å²) in [4.78, 5) is 12.3. The third kappa shape index (κ3) is 3.77. The third-order valence-corrected chi connectivity index (χ3v) is 3.64. The van der Waals surface area contributed by atoms with Gasteiger partial charge in [-0.05, 0) is 13.8 Å². The first kappa shape index (κ1) is 15.1. The highest BCUT2D eigenvalue weighted by atomic mass is 32.2. The molecule has 0 bridgehead atoms. The molecule has 1 aromatic rings. The number of aromatic nitrogens is 2. The lowest BCUT2D eigenvalue weighted by molar-refractivity contribution is 0.100. The van der Waals surface area contributed by atoms with Gasteiger partial charge in [0.25, 0.3) is 0 Å². The Balaban J connectivity index is 2.93. The number of thioether (sulfide) groups is 1. The summed E-state index contributed by atoms with van der Waals surface area (Å²) in [5.74, 6) is 1.07. The van der Waals surface area contributed by atoms with Gasteiger partial charge >= 0.3 is 0 Å². The average Bonchev–Trinajstić information content (AvgIpc) is 2.68. The number of methoxy groups -OCH3 is 1. The highest BCUT2D eigenvalue weighted by Crippen LogP contribution is 2.27. The van der Waals surface area contributed by atoms with E-state index in [9.17, 15) is 4.79 Å². The largest absolute Gasteiger partial charge is 0.493 e. The summed E-state index contributed by atoms with van der Waals surface area (Å²) in [7, 11) is 1.56. The summed E-state index contributed by atoms with van der Waals surface area (Å²) in [6.07, 6.45) is 1.61. The average molecular weight is 270 g/mol.